The quantitative estimate of drug-likeness (QED) is 0.828. The molecule has 1 aromatic rings. The summed E-state index contributed by atoms with van der Waals surface area (Å²) >= 11 is 0. The molecule has 0 aliphatic carbocycles. The van der Waals surface area contributed by atoms with Gasteiger partial charge in [-0.25, -0.2) is 0 Å². The molecule has 2 atom stereocenters. The summed E-state index contributed by atoms with van der Waals surface area (Å²) in [5.41, 5.74) is 1.08. The second kappa shape index (κ2) is 7.52. The summed E-state index contributed by atoms with van der Waals surface area (Å²) in [6.07, 6.45) is 1.49. The highest BCUT2D eigenvalue weighted by atomic mass is 16.5. The molecule has 0 radical (unpaired) electrons. The van der Waals surface area contributed by atoms with Crippen LogP contribution in [0.4, 0.5) is 0 Å². The normalized spacial score (nSPS) is 19.3. The highest BCUT2D eigenvalue weighted by Gasteiger charge is 2.27. The van der Waals surface area contributed by atoms with Gasteiger partial charge < -0.3 is 9.64 Å². The summed E-state index contributed by atoms with van der Waals surface area (Å²) in [5.74, 6) is 0.0991. The molecule has 21 heavy (non-hydrogen) atoms. The fourth-order valence-corrected chi connectivity index (χ4v) is 2.72. The molecule has 2 unspecified atom stereocenters. The first-order valence-corrected chi connectivity index (χ1v) is 7.68. The average Bonchev–Trinajstić information content (AvgIpc) is 2.54. The Morgan fingerprint density at radius 3 is 2.57 bits per heavy atom. The van der Waals surface area contributed by atoms with E-state index in [1.54, 1.807) is 0 Å². The lowest BCUT2D eigenvalue weighted by Gasteiger charge is -2.38. The van der Waals surface area contributed by atoms with Gasteiger partial charge in [0.15, 0.2) is 0 Å². The van der Waals surface area contributed by atoms with E-state index in [1.165, 1.54) is 0 Å². The second-order valence-corrected chi connectivity index (χ2v) is 5.39. The van der Waals surface area contributed by atoms with Crippen LogP contribution in [0.2, 0.25) is 0 Å². The van der Waals surface area contributed by atoms with E-state index in [4.69, 9.17) is 4.74 Å². The summed E-state index contributed by atoms with van der Waals surface area (Å²) in [5, 5.41) is 0. The average molecular weight is 291 g/mol. The Hall–Kier alpha value is -1.46. The number of carbonyl (C=O) groups is 1. The first kappa shape index (κ1) is 15.9. The van der Waals surface area contributed by atoms with E-state index in [0.29, 0.717) is 6.61 Å². The Labute approximate surface area is 126 Å². The molecule has 1 fully saturated rings. The van der Waals surface area contributed by atoms with Gasteiger partial charge in [-0.05, 0) is 32.9 Å². The van der Waals surface area contributed by atoms with Crippen molar-refractivity contribution in [3.8, 4) is 0 Å². The number of carbonyl (C=O) groups excluding carboxylic acids is 1. The molecule has 1 aliphatic rings. The number of hydrogen-bond acceptors (Lipinski definition) is 4. The lowest BCUT2D eigenvalue weighted by Crippen LogP contribution is -2.51. The van der Waals surface area contributed by atoms with E-state index in [2.05, 4.69) is 22.9 Å². The lowest BCUT2D eigenvalue weighted by molar-refractivity contribution is -0.144. The van der Waals surface area contributed by atoms with Crippen LogP contribution in [0.25, 0.3) is 0 Å². The predicted octanol–water partition coefficient (Wildman–Crippen LogP) is 1.71. The van der Waals surface area contributed by atoms with Crippen LogP contribution in [0.3, 0.4) is 0 Å². The molecule has 5 nitrogen and oxygen atoms in total. The van der Waals surface area contributed by atoms with E-state index >= 15 is 0 Å². The van der Waals surface area contributed by atoms with Crippen LogP contribution in [0.15, 0.2) is 24.4 Å². The van der Waals surface area contributed by atoms with Crippen molar-refractivity contribution in [3.63, 3.8) is 0 Å². The van der Waals surface area contributed by atoms with Gasteiger partial charge in [0.25, 0.3) is 5.91 Å². The third-order valence-electron chi connectivity index (χ3n) is 4.05. The summed E-state index contributed by atoms with van der Waals surface area (Å²) in [7, 11) is 0. The van der Waals surface area contributed by atoms with Gasteiger partial charge in [-0.1, -0.05) is 6.07 Å². The number of piperazine rings is 1. The monoisotopic (exact) mass is 291 g/mol. The Kier molecular flexibility index (Phi) is 5.70. The highest BCUT2D eigenvalue weighted by molar-refractivity contribution is 5.80. The minimum Gasteiger partial charge on any atom is -0.369 e. The molecule has 5 heteroatoms. The molecule has 0 bridgehead atoms. The molecule has 1 saturated heterocycles. The maximum absolute atomic E-state index is 12.2. The largest absolute Gasteiger partial charge is 0.369 e. The Balaban J connectivity index is 1.87. The van der Waals surface area contributed by atoms with E-state index in [-0.39, 0.29) is 18.1 Å². The summed E-state index contributed by atoms with van der Waals surface area (Å²) in [6, 6.07) is 6.29. The van der Waals surface area contributed by atoms with Gasteiger partial charge in [-0.15, -0.1) is 0 Å². The zero-order valence-electron chi connectivity index (χ0n) is 13.2. The molecule has 0 spiro atoms. The fraction of sp³-hybridized carbons (Fsp3) is 0.625. The summed E-state index contributed by atoms with van der Waals surface area (Å²) in [6.45, 7) is 9.75. The molecular weight excluding hydrogens is 266 g/mol. The van der Waals surface area contributed by atoms with E-state index in [0.717, 1.165) is 31.9 Å². The minimum absolute atomic E-state index is 0.0991. The van der Waals surface area contributed by atoms with Crippen molar-refractivity contribution in [2.24, 2.45) is 0 Å². The van der Waals surface area contributed by atoms with Gasteiger partial charge in [0.1, 0.15) is 6.10 Å². The van der Waals surface area contributed by atoms with Crippen molar-refractivity contribution in [3.05, 3.63) is 30.1 Å². The van der Waals surface area contributed by atoms with Gasteiger partial charge in [-0.2, -0.15) is 0 Å². The number of amides is 1. The van der Waals surface area contributed by atoms with Crippen molar-refractivity contribution in [1.29, 1.82) is 0 Å². The van der Waals surface area contributed by atoms with Gasteiger partial charge in [0.2, 0.25) is 0 Å². The topological polar surface area (TPSA) is 45.7 Å². The molecule has 0 N–H and O–H groups in total. The molecule has 2 rings (SSSR count). The number of ether oxygens (including phenoxy) is 1. The smallest absolute Gasteiger partial charge is 0.251 e. The summed E-state index contributed by atoms with van der Waals surface area (Å²) < 4.78 is 5.39. The molecule has 0 saturated carbocycles. The van der Waals surface area contributed by atoms with Gasteiger partial charge >= 0.3 is 0 Å². The van der Waals surface area contributed by atoms with Crippen LogP contribution in [0.5, 0.6) is 0 Å². The second-order valence-electron chi connectivity index (χ2n) is 5.39. The van der Waals surface area contributed by atoms with Gasteiger partial charge in [0.05, 0.1) is 5.69 Å². The minimum atomic E-state index is -0.338. The highest BCUT2D eigenvalue weighted by Crippen LogP contribution is 2.19. The number of rotatable bonds is 5. The molecule has 1 aromatic heterocycles. The first-order chi connectivity index (χ1) is 10.1. The van der Waals surface area contributed by atoms with Crippen LogP contribution >= 0.6 is 0 Å². The van der Waals surface area contributed by atoms with Crippen molar-refractivity contribution < 1.29 is 9.53 Å². The van der Waals surface area contributed by atoms with E-state index in [1.807, 2.05) is 37.1 Å². The van der Waals surface area contributed by atoms with Crippen molar-refractivity contribution in [1.82, 2.24) is 14.8 Å². The molecule has 1 aliphatic heterocycles. The first-order valence-electron chi connectivity index (χ1n) is 7.68. The van der Waals surface area contributed by atoms with Crippen molar-refractivity contribution in [2.75, 3.05) is 32.8 Å². The number of pyridine rings is 1. The van der Waals surface area contributed by atoms with Gasteiger partial charge in [-0.3, -0.25) is 14.7 Å². The van der Waals surface area contributed by atoms with Crippen LogP contribution in [0.1, 0.15) is 32.5 Å². The Morgan fingerprint density at radius 2 is 2.00 bits per heavy atom. The molecule has 0 aromatic carbocycles. The number of aromatic nitrogens is 1. The van der Waals surface area contributed by atoms with Crippen LogP contribution in [0, 0.1) is 0 Å². The maximum Gasteiger partial charge on any atom is 0.251 e. The zero-order chi connectivity index (χ0) is 15.2. The number of nitrogens with zero attached hydrogens (tertiary/aromatic N) is 3. The third kappa shape index (κ3) is 4.02. The maximum atomic E-state index is 12.2. The molecule has 116 valence electrons. The molecule has 2 heterocycles. The van der Waals surface area contributed by atoms with Crippen LogP contribution in [-0.4, -0.2) is 59.6 Å². The molecular formula is C16H25N3O2. The SMILES string of the molecule is CCOC(C)C(=O)N1CCN(C(C)c2ccccn2)CC1. The Bertz CT molecular complexity index is 444. The van der Waals surface area contributed by atoms with E-state index in [9.17, 15) is 4.79 Å². The third-order valence-corrected chi connectivity index (χ3v) is 4.05. The predicted molar refractivity (Wildman–Crippen MR) is 81.9 cm³/mol. The summed E-state index contributed by atoms with van der Waals surface area (Å²) in [4.78, 5) is 20.9. The lowest BCUT2D eigenvalue weighted by atomic mass is 10.1. The fourth-order valence-electron chi connectivity index (χ4n) is 2.72. The Morgan fingerprint density at radius 1 is 1.29 bits per heavy atom. The van der Waals surface area contributed by atoms with E-state index < -0.39 is 0 Å². The standard InChI is InChI=1S/C16H25N3O2/c1-4-21-14(3)16(20)19-11-9-18(10-12-19)13(2)15-7-5-6-8-17-15/h5-8,13-14H,4,9-12H2,1-3H3. The van der Waals surface area contributed by atoms with Crippen molar-refractivity contribution >= 4 is 5.91 Å². The van der Waals surface area contributed by atoms with Crippen molar-refractivity contribution in [2.45, 2.75) is 32.9 Å². The molecule has 1 amide bonds. The van der Waals surface area contributed by atoms with Gasteiger partial charge in [0, 0.05) is 45.0 Å². The zero-order valence-corrected chi connectivity index (χ0v) is 13.2. The number of hydrogen-bond donors (Lipinski definition) is 0. The van der Waals surface area contributed by atoms with Crippen LogP contribution in [-0.2, 0) is 9.53 Å². The van der Waals surface area contributed by atoms with Crippen LogP contribution < -0.4 is 0 Å².